The molecule has 4 saturated heterocycles. The summed E-state index contributed by atoms with van der Waals surface area (Å²) >= 11 is 7.72. The number of likely N-dealkylation sites (tertiary alicyclic amines) is 1. The van der Waals surface area contributed by atoms with Crippen LogP contribution in [0.15, 0.2) is 71.7 Å². The number of thiophene rings is 1. The van der Waals surface area contributed by atoms with E-state index in [1.807, 2.05) is 30.9 Å². The quantitative estimate of drug-likeness (QED) is 0.0917. The van der Waals surface area contributed by atoms with Gasteiger partial charge in [0.2, 0.25) is 17.7 Å². The Balaban J connectivity index is 0.725. The molecule has 6 aliphatic heterocycles. The second-order valence-corrected chi connectivity index (χ2v) is 19.5. The maximum Gasteiger partial charge on any atom is 0.410 e. The van der Waals surface area contributed by atoms with E-state index in [1.54, 1.807) is 71.3 Å². The molecule has 0 spiro atoms. The van der Waals surface area contributed by atoms with Gasteiger partial charge in [0.05, 0.1) is 41.0 Å². The monoisotopic (exact) mass is 958 g/mol. The Bertz CT molecular complexity index is 2860. The Labute approximate surface area is 399 Å². The van der Waals surface area contributed by atoms with Crippen LogP contribution in [-0.4, -0.2) is 137 Å². The fourth-order valence-corrected chi connectivity index (χ4v) is 11.0. The summed E-state index contributed by atoms with van der Waals surface area (Å²) in [5, 5.41) is 24.3. The third-order valence-electron chi connectivity index (χ3n) is 13.4. The molecular formula is C48H47ClN10O8S. The number of amidine groups is 2. The van der Waals surface area contributed by atoms with Crippen LogP contribution >= 0.6 is 22.9 Å². The van der Waals surface area contributed by atoms with Crippen molar-refractivity contribution in [3.63, 3.8) is 0 Å². The van der Waals surface area contributed by atoms with Crippen LogP contribution in [0.2, 0.25) is 5.02 Å². The molecule has 20 heteroatoms. The number of aryl methyl sites for hydroxylation is 1. The number of anilines is 3. The summed E-state index contributed by atoms with van der Waals surface area (Å²) < 4.78 is 11.9. The summed E-state index contributed by atoms with van der Waals surface area (Å²) in [6.45, 7) is 8.40. The minimum atomic E-state index is -1.06. The largest absolute Gasteiger partial charge is 0.488 e. The first-order valence-electron chi connectivity index (χ1n) is 22.3. The molecule has 7 heterocycles. The van der Waals surface area contributed by atoms with E-state index in [0.717, 1.165) is 31.5 Å². The van der Waals surface area contributed by atoms with Gasteiger partial charge in [-0.05, 0) is 81.3 Å². The highest BCUT2D eigenvalue weighted by atomic mass is 35.5. The molecule has 0 aliphatic carbocycles. The van der Waals surface area contributed by atoms with E-state index in [-0.39, 0.29) is 72.8 Å². The number of imide groups is 2. The standard InChI is InChI=1S/C48H47ClN10O8S/c1-24-25(2)68-47-40(24)42(27-7-9-28(49)10-8-27)53-35(43(51)58(47)26(3)50)17-39(61)52-29-11-13-32(14-12-29)67-33-21-55(22-33)31-20-57(48(65)66-23-31)30-18-56(19-30)36-6-4-5-34-41(36)46(64)59(45(34)63)37-15-16-38(60)54-44(37)62/h4-14,30-31,33,35,37,50-51H,15-23H2,1-3H3,(H,52,61)(H,54,60,62)/t31-,35-,37?/m0/s1. The Hall–Kier alpha value is -6.96. The molecule has 68 heavy (non-hydrogen) atoms. The normalized spacial score (nSPS) is 22.2. The molecule has 1 unspecified atom stereocenters. The van der Waals surface area contributed by atoms with Gasteiger partial charge in [0, 0.05) is 65.9 Å². The number of carbonyl (C=O) groups is 6. The molecule has 4 fully saturated rings. The molecule has 0 radical (unpaired) electrons. The zero-order valence-electron chi connectivity index (χ0n) is 37.3. The molecule has 4 aromatic rings. The molecule has 3 atom stereocenters. The highest BCUT2D eigenvalue weighted by Gasteiger charge is 2.49. The van der Waals surface area contributed by atoms with E-state index in [4.69, 9.17) is 31.5 Å². The van der Waals surface area contributed by atoms with Gasteiger partial charge >= 0.3 is 6.09 Å². The van der Waals surface area contributed by atoms with Crippen molar-refractivity contribution in [2.24, 2.45) is 4.99 Å². The van der Waals surface area contributed by atoms with E-state index >= 15 is 0 Å². The maximum absolute atomic E-state index is 13.7. The van der Waals surface area contributed by atoms with Crippen LogP contribution in [0.25, 0.3) is 0 Å². The first-order valence-corrected chi connectivity index (χ1v) is 23.5. The zero-order chi connectivity index (χ0) is 47.7. The van der Waals surface area contributed by atoms with E-state index < -0.39 is 41.8 Å². The lowest BCUT2D eigenvalue weighted by atomic mass is 9.99. The average molecular weight is 959 g/mol. The van der Waals surface area contributed by atoms with E-state index in [0.29, 0.717) is 60.6 Å². The lowest BCUT2D eigenvalue weighted by molar-refractivity contribution is -0.136. The van der Waals surface area contributed by atoms with Crippen molar-refractivity contribution in [3.05, 3.63) is 104 Å². The number of halogens is 1. The lowest BCUT2D eigenvalue weighted by Crippen LogP contribution is -2.68. The summed E-state index contributed by atoms with van der Waals surface area (Å²) in [7, 11) is 0. The van der Waals surface area contributed by atoms with Gasteiger partial charge < -0.3 is 19.7 Å². The van der Waals surface area contributed by atoms with Crippen molar-refractivity contribution >= 4 is 92.3 Å². The molecule has 4 N–H and O–H groups in total. The summed E-state index contributed by atoms with van der Waals surface area (Å²) in [5.74, 6) is -1.77. The number of nitrogens with one attached hydrogen (secondary N) is 4. The molecule has 3 aromatic carbocycles. The van der Waals surface area contributed by atoms with Crippen LogP contribution < -0.4 is 25.2 Å². The van der Waals surface area contributed by atoms with Gasteiger partial charge in [-0.2, -0.15) is 0 Å². The number of cyclic esters (lactones) is 1. The lowest BCUT2D eigenvalue weighted by Gasteiger charge is -2.51. The molecular weight excluding hydrogens is 912 g/mol. The number of piperidine rings is 1. The number of rotatable bonds is 10. The summed E-state index contributed by atoms with van der Waals surface area (Å²) in [6, 6.07) is 17.2. The van der Waals surface area contributed by atoms with E-state index in [9.17, 15) is 34.2 Å². The van der Waals surface area contributed by atoms with Crippen molar-refractivity contribution in [3.8, 4) is 5.75 Å². The van der Waals surface area contributed by atoms with Crippen LogP contribution in [0, 0.1) is 24.7 Å². The summed E-state index contributed by atoms with van der Waals surface area (Å²) in [4.78, 5) is 92.4. The Morgan fingerprint density at radius 3 is 2.38 bits per heavy atom. The van der Waals surface area contributed by atoms with Crippen LogP contribution in [0.1, 0.15) is 68.5 Å². The van der Waals surface area contributed by atoms with Gasteiger partial charge in [-0.1, -0.05) is 29.8 Å². The smallest absolute Gasteiger partial charge is 0.410 e. The summed E-state index contributed by atoms with van der Waals surface area (Å²) in [5.41, 5.74) is 4.80. The first kappa shape index (κ1) is 44.9. The van der Waals surface area contributed by atoms with Crippen molar-refractivity contribution < 1.29 is 38.2 Å². The van der Waals surface area contributed by atoms with Crippen molar-refractivity contribution in [2.45, 2.75) is 70.3 Å². The van der Waals surface area contributed by atoms with Gasteiger partial charge in [0.25, 0.3) is 11.8 Å². The third kappa shape index (κ3) is 8.06. The number of ether oxygens (including phenoxy) is 2. The maximum atomic E-state index is 13.7. The van der Waals surface area contributed by atoms with Crippen LogP contribution in [-0.2, 0) is 19.1 Å². The Morgan fingerprint density at radius 1 is 0.941 bits per heavy atom. The van der Waals surface area contributed by atoms with Gasteiger partial charge in [0.15, 0.2) is 0 Å². The van der Waals surface area contributed by atoms with Crippen LogP contribution in [0.5, 0.6) is 5.75 Å². The molecule has 350 valence electrons. The number of hydrogen-bond acceptors (Lipinski definition) is 14. The van der Waals surface area contributed by atoms with Gasteiger partial charge in [-0.25, -0.2) is 4.79 Å². The minimum Gasteiger partial charge on any atom is -0.488 e. The molecule has 18 nitrogen and oxygen atoms in total. The van der Waals surface area contributed by atoms with Crippen molar-refractivity contribution in [2.75, 3.05) is 54.4 Å². The topological polar surface area (TPSA) is 221 Å². The highest BCUT2D eigenvalue weighted by Crippen LogP contribution is 2.41. The number of amides is 6. The van der Waals surface area contributed by atoms with Crippen molar-refractivity contribution in [1.29, 1.82) is 10.8 Å². The number of benzene rings is 3. The van der Waals surface area contributed by atoms with Crippen LogP contribution in [0.3, 0.4) is 0 Å². The molecule has 6 aliphatic rings. The number of carbonyl (C=O) groups excluding carboxylic acids is 6. The number of aliphatic imine (C=N–C) groups is 1. The number of fused-ring (bicyclic) bond motifs is 2. The second-order valence-electron chi connectivity index (χ2n) is 17.8. The number of hydrogen-bond donors (Lipinski definition) is 4. The highest BCUT2D eigenvalue weighted by molar-refractivity contribution is 7.17. The fourth-order valence-electron chi connectivity index (χ4n) is 9.66. The Kier molecular flexibility index (Phi) is 11.6. The van der Waals surface area contributed by atoms with Gasteiger partial charge in [-0.15, -0.1) is 11.3 Å². The molecule has 0 saturated carbocycles. The first-order chi connectivity index (χ1) is 32.6. The third-order valence-corrected chi connectivity index (χ3v) is 14.9. The fraction of sp³-hybridized carbons (Fsp3) is 0.354. The minimum absolute atomic E-state index is 0.0334. The van der Waals surface area contributed by atoms with Gasteiger partial charge in [-0.3, -0.25) is 64.7 Å². The number of nitrogens with zero attached hydrogens (tertiary/aromatic N) is 6. The van der Waals surface area contributed by atoms with E-state index in [2.05, 4.69) is 15.5 Å². The molecule has 1 aromatic heterocycles. The van der Waals surface area contributed by atoms with Gasteiger partial charge in [0.1, 0.15) is 47.2 Å². The van der Waals surface area contributed by atoms with Crippen molar-refractivity contribution in [1.82, 2.24) is 20.0 Å². The second kappa shape index (κ2) is 17.6. The van der Waals surface area contributed by atoms with Crippen LogP contribution in [0.4, 0.5) is 21.2 Å². The predicted molar refractivity (Wildman–Crippen MR) is 255 cm³/mol. The average Bonchev–Trinajstić information content (AvgIpc) is 3.66. The SMILES string of the molecule is CC(=N)N1C(=N)[C@H](CC(=O)Nc2ccc(OC3CN([C@@H]4COC(=O)N(C5CN(c6cccc7c6C(=O)N(C6CCC(=O)NC6=O)C7=O)C5)C4)C3)cc2)N=C(c2ccc(Cl)cc2)c2c1sc(C)c2C. The molecule has 10 rings (SSSR count). The zero-order valence-corrected chi connectivity index (χ0v) is 38.9. The molecule has 0 bridgehead atoms. The molecule has 6 amide bonds. The predicted octanol–water partition coefficient (Wildman–Crippen LogP) is 5.22. The Morgan fingerprint density at radius 2 is 1.68 bits per heavy atom. The summed E-state index contributed by atoms with van der Waals surface area (Å²) in [6.07, 6.45) is -0.537. The van der Waals surface area contributed by atoms with E-state index in [1.165, 1.54) is 11.3 Å².